The number of nitrogens with one attached hydrogen (secondary N) is 1. The van der Waals surface area contributed by atoms with Gasteiger partial charge in [-0.2, -0.15) is 8.42 Å². The van der Waals surface area contributed by atoms with Crippen molar-refractivity contribution in [3.05, 3.63) is 71.8 Å². The molecule has 2 aliphatic heterocycles. The van der Waals surface area contributed by atoms with Crippen LogP contribution in [0, 0.1) is 0 Å². The van der Waals surface area contributed by atoms with Crippen molar-refractivity contribution in [2.75, 3.05) is 20.0 Å². The second-order valence-corrected chi connectivity index (χ2v) is 9.19. The van der Waals surface area contributed by atoms with Crippen LogP contribution in [-0.4, -0.2) is 64.9 Å². The molecule has 1 unspecified atom stereocenters. The molecule has 0 aromatic heterocycles. The lowest BCUT2D eigenvalue weighted by atomic mass is 9.94. The monoisotopic (exact) mass is 463 g/mol. The molecule has 32 heavy (non-hydrogen) atoms. The standard InChI is InChI=1S/C22H25NO8S/c1-27-22-19(31-32(2,25)26)17(23-20(24)14-9-5-3-6-10-14)18-16(29-22)13-28-21(30-18)15-11-7-4-8-12-15/h3-12,16-19,21-22H,13H2,1-2H3,(H,23,24)/t16-,17-,18-,19+,21?,22+/m1/s1. The van der Waals surface area contributed by atoms with E-state index in [-0.39, 0.29) is 6.61 Å². The number of benzene rings is 2. The molecule has 0 aliphatic carbocycles. The summed E-state index contributed by atoms with van der Waals surface area (Å²) < 4.78 is 52.5. The molecule has 4 rings (SSSR count). The van der Waals surface area contributed by atoms with Gasteiger partial charge in [-0.15, -0.1) is 0 Å². The summed E-state index contributed by atoms with van der Waals surface area (Å²) in [6.07, 6.45) is -3.37. The highest BCUT2D eigenvalue weighted by atomic mass is 32.2. The van der Waals surface area contributed by atoms with Crippen LogP contribution in [-0.2, 0) is 33.2 Å². The van der Waals surface area contributed by atoms with Gasteiger partial charge in [0, 0.05) is 18.2 Å². The second-order valence-electron chi connectivity index (χ2n) is 7.59. The van der Waals surface area contributed by atoms with Crippen LogP contribution in [0.25, 0.3) is 0 Å². The van der Waals surface area contributed by atoms with Gasteiger partial charge >= 0.3 is 0 Å². The first-order valence-electron chi connectivity index (χ1n) is 10.1. The van der Waals surface area contributed by atoms with Crippen LogP contribution in [0.4, 0.5) is 0 Å². The van der Waals surface area contributed by atoms with Crippen LogP contribution < -0.4 is 5.32 Å². The predicted molar refractivity (Wildman–Crippen MR) is 113 cm³/mol. The van der Waals surface area contributed by atoms with E-state index in [1.807, 2.05) is 30.3 Å². The highest BCUT2D eigenvalue weighted by Gasteiger charge is 2.52. The van der Waals surface area contributed by atoms with E-state index in [2.05, 4.69) is 5.32 Å². The van der Waals surface area contributed by atoms with Gasteiger partial charge < -0.3 is 24.3 Å². The van der Waals surface area contributed by atoms with Crippen LogP contribution in [0.3, 0.4) is 0 Å². The lowest BCUT2D eigenvalue weighted by Gasteiger charge is -2.48. The molecule has 2 saturated heterocycles. The van der Waals surface area contributed by atoms with Crippen LogP contribution in [0.15, 0.2) is 60.7 Å². The van der Waals surface area contributed by atoms with Gasteiger partial charge in [-0.1, -0.05) is 48.5 Å². The molecular weight excluding hydrogens is 438 g/mol. The molecule has 1 amide bonds. The van der Waals surface area contributed by atoms with Crippen molar-refractivity contribution in [2.45, 2.75) is 36.9 Å². The molecule has 10 heteroatoms. The molecule has 2 heterocycles. The first-order chi connectivity index (χ1) is 15.4. The van der Waals surface area contributed by atoms with Gasteiger partial charge in [0.15, 0.2) is 18.7 Å². The summed E-state index contributed by atoms with van der Waals surface area (Å²) in [7, 11) is -2.53. The summed E-state index contributed by atoms with van der Waals surface area (Å²) in [6.45, 7) is 0.160. The molecule has 0 bridgehead atoms. The summed E-state index contributed by atoms with van der Waals surface area (Å²) in [5, 5.41) is 2.87. The normalized spacial score (nSPS) is 30.3. The molecule has 0 saturated carbocycles. The summed E-state index contributed by atoms with van der Waals surface area (Å²) in [5.74, 6) is -0.403. The van der Waals surface area contributed by atoms with Crippen molar-refractivity contribution in [1.29, 1.82) is 0 Å². The number of carbonyl (C=O) groups excluding carboxylic acids is 1. The first-order valence-corrected chi connectivity index (χ1v) is 11.9. The quantitative estimate of drug-likeness (QED) is 0.644. The molecular formula is C22H25NO8S. The Balaban J connectivity index is 1.65. The van der Waals surface area contributed by atoms with Gasteiger partial charge in [-0.3, -0.25) is 8.98 Å². The van der Waals surface area contributed by atoms with E-state index < -0.39 is 53.0 Å². The van der Waals surface area contributed by atoms with Gasteiger partial charge in [-0.05, 0) is 12.1 Å². The molecule has 9 nitrogen and oxygen atoms in total. The van der Waals surface area contributed by atoms with Crippen LogP contribution in [0.1, 0.15) is 22.2 Å². The maximum atomic E-state index is 13.0. The molecule has 2 aliphatic rings. The Morgan fingerprint density at radius 2 is 1.69 bits per heavy atom. The topological polar surface area (TPSA) is 109 Å². The smallest absolute Gasteiger partial charge is 0.264 e. The third-order valence-corrected chi connectivity index (χ3v) is 5.84. The minimum Gasteiger partial charge on any atom is -0.353 e. The van der Waals surface area contributed by atoms with E-state index in [1.54, 1.807) is 30.3 Å². The number of carbonyl (C=O) groups is 1. The third-order valence-electron chi connectivity index (χ3n) is 5.27. The van der Waals surface area contributed by atoms with E-state index in [0.717, 1.165) is 11.8 Å². The van der Waals surface area contributed by atoms with E-state index in [4.69, 9.17) is 23.1 Å². The van der Waals surface area contributed by atoms with E-state index in [1.165, 1.54) is 7.11 Å². The number of amides is 1. The Morgan fingerprint density at radius 1 is 1.03 bits per heavy atom. The van der Waals surface area contributed by atoms with E-state index in [9.17, 15) is 13.2 Å². The zero-order chi connectivity index (χ0) is 22.7. The van der Waals surface area contributed by atoms with Crippen molar-refractivity contribution in [2.24, 2.45) is 0 Å². The Hall–Kier alpha value is -2.34. The summed E-state index contributed by atoms with van der Waals surface area (Å²) >= 11 is 0. The lowest BCUT2D eigenvalue weighted by molar-refractivity contribution is -0.336. The molecule has 0 spiro atoms. The summed E-state index contributed by atoms with van der Waals surface area (Å²) in [6, 6.07) is 17.0. The number of hydrogen-bond donors (Lipinski definition) is 1. The Morgan fingerprint density at radius 3 is 2.31 bits per heavy atom. The molecule has 172 valence electrons. The lowest BCUT2D eigenvalue weighted by Crippen LogP contribution is -2.68. The van der Waals surface area contributed by atoms with E-state index in [0.29, 0.717) is 5.56 Å². The Bertz CT molecular complexity index is 1020. The minimum atomic E-state index is -3.90. The SMILES string of the molecule is CO[C@H]1O[C@@H]2COC(c3ccccc3)O[C@H]2[C@@H](NC(=O)c2ccccc2)[C@@H]1OS(C)(=O)=O. The van der Waals surface area contributed by atoms with Crippen molar-refractivity contribution in [1.82, 2.24) is 5.32 Å². The number of fused-ring (bicyclic) bond motifs is 1. The largest absolute Gasteiger partial charge is 0.353 e. The third kappa shape index (κ3) is 5.17. The van der Waals surface area contributed by atoms with Crippen LogP contribution in [0.5, 0.6) is 0 Å². The highest BCUT2D eigenvalue weighted by molar-refractivity contribution is 7.86. The fourth-order valence-corrected chi connectivity index (χ4v) is 4.47. The zero-order valence-electron chi connectivity index (χ0n) is 17.6. The molecule has 1 N–H and O–H groups in total. The van der Waals surface area contributed by atoms with Gasteiger partial charge in [0.2, 0.25) is 0 Å². The Kier molecular flexibility index (Phi) is 6.89. The minimum absolute atomic E-state index is 0.160. The van der Waals surface area contributed by atoms with Crippen molar-refractivity contribution >= 4 is 16.0 Å². The van der Waals surface area contributed by atoms with Gasteiger partial charge in [-0.25, -0.2) is 0 Å². The average molecular weight is 464 g/mol. The van der Waals surface area contributed by atoms with Crippen molar-refractivity contribution < 1.29 is 36.3 Å². The fraction of sp³-hybridized carbons (Fsp3) is 0.409. The molecule has 6 atom stereocenters. The molecule has 0 radical (unpaired) electrons. The number of methoxy groups -OCH3 is 1. The number of ether oxygens (including phenoxy) is 4. The van der Waals surface area contributed by atoms with Crippen LogP contribution >= 0.6 is 0 Å². The van der Waals surface area contributed by atoms with Crippen molar-refractivity contribution in [3.8, 4) is 0 Å². The molecule has 2 aromatic rings. The Labute approximate surface area is 186 Å². The highest BCUT2D eigenvalue weighted by Crippen LogP contribution is 2.35. The van der Waals surface area contributed by atoms with Gasteiger partial charge in [0.25, 0.3) is 16.0 Å². The predicted octanol–water partition coefficient (Wildman–Crippen LogP) is 1.62. The maximum Gasteiger partial charge on any atom is 0.264 e. The maximum absolute atomic E-state index is 13.0. The molecule has 2 fully saturated rings. The number of rotatable bonds is 6. The number of hydrogen-bond acceptors (Lipinski definition) is 8. The van der Waals surface area contributed by atoms with Gasteiger partial charge in [0.05, 0.1) is 18.9 Å². The van der Waals surface area contributed by atoms with Crippen molar-refractivity contribution in [3.63, 3.8) is 0 Å². The average Bonchev–Trinajstić information content (AvgIpc) is 2.80. The molecule has 2 aromatic carbocycles. The first kappa shape index (κ1) is 22.8. The van der Waals surface area contributed by atoms with Crippen LogP contribution in [0.2, 0.25) is 0 Å². The fourth-order valence-electron chi connectivity index (χ4n) is 3.86. The zero-order valence-corrected chi connectivity index (χ0v) is 18.4. The van der Waals surface area contributed by atoms with Gasteiger partial charge in [0.1, 0.15) is 12.2 Å². The van der Waals surface area contributed by atoms with E-state index >= 15 is 0 Å². The summed E-state index contributed by atoms with van der Waals surface area (Å²) in [4.78, 5) is 13.0. The second kappa shape index (κ2) is 9.65. The summed E-state index contributed by atoms with van der Waals surface area (Å²) in [5.41, 5.74) is 1.20.